The van der Waals surface area contributed by atoms with Crippen molar-refractivity contribution >= 4 is 11.9 Å². The molecule has 0 rings (SSSR count). The number of hydrogen-bond acceptors (Lipinski definition) is 5. The summed E-state index contributed by atoms with van der Waals surface area (Å²) in [4.78, 5) is 24.5. The molecule has 1 amide bonds. The van der Waals surface area contributed by atoms with E-state index in [1.165, 1.54) is 205 Å². The molecule has 65 heavy (non-hydrogen) atoms. The van der Waals surface area contributed by atoms with Gasteiger partial charge in [0, 0.05) is 12.8 Å². The molecule has 0 saturated heterocycles. The molecule has 0 fully saturated rings. The molecular formula is C59H113NO5. The number of carbonyl (C=O) groups is 2. The van der Waals surface area contributed by atoms with Gasteiger partial charge < -0.3 is 20.3 Å². The van der Waals surface area contributed by atoms with Crippen LogP contribution in [0.15, 0.2) is 24.3 Å². The molecule has 0 bridgehead atoms. The van der Waals surface area contributed by atoms with Crippen molar-refractivity contribution in [2.24, 2.45) is 0 Å². The van der Waals surface area contributed by atoms with Crippen molar-refractivity contribution in [3.63, 3.8) is 0 Å². The van der Waals surface area contributed by atoms with E-state index in [1.54, 1.807) is 6.08 Å². The van der Waals surface area contributed by atoms with Crippen LogP contribution in [0.2, 0.25) is 0 Å². The minimum atomic E-state index is -0.863. The number of amides is 1. The number of esters is 1. The Morgan fingerprint density at radius 3 is 1.09 bits per heavy atom. The third-order valence-corrected chi connectivity index (χ3v) is 13.5. The number of rotatable bonds is 54. The summed E-state index contributed by atoms with van der Waals surface area (Å²) in [6.45, 7) is 4.84. The molecule has 2 atom stereocenters. The highest BCUT2D eigenvalue weighted by Crippen LogP contribution is 2.17. The first-order valence-electron chi connectivity index (χ1n) is 29.1. The first-order valence-corrected chi connectivity index (χ1v) is 29.1. The summed E-state index contributed by atoms with van der Waals surface area (Å²) in [5.74, 6) is -0.125. The van der Waals surface area contributed by atoms with Crippen LogP contribution in [0, 0.1) is 0 Å². The molecule has 0 saturated carbocycles. The Morgan fingerprint density at radius 2 is 0.723 bits per heavy atom. The molecule has 0 aromatic carbocycles. The SMILES string of the molecule is CCCCCCCCCCCCCCCCCCCCCCCC/C=C/C(O)C(CO)NC(=O)CCCCCCC/C=C\CCCCOC(=O)CCCCCCCCCCCCCCC. The Kier molecular flexibility index (Phi) is 53.5. The predicted molar refractivity (Wildman–Crippen MR) is 283 cm³/mol. The van der Waals surface area contributed by atoms with Crippen LogP contribution in [0.4, 0.5) is 0 Å². The van der Waals surface area contributed by atoms with Crippen molar-refractivity contribution < 1.29 is 24.5 Å². The van der Waals surface area contributed by atoms with E-state index in [2.05, 4.69) is 31.3 Å². The Balaban J connectivity index is 3.53. The highest BCUT2D eigenvalue weighted by atomic mass is 16.5. The summed E-state index contributed by atoms with van der Waals surface area (Å²) in [6, 6.07) is -0.649. The molecule has 3 N–H and O–H groups in total. The summed E-state index contributed by atoms with van der Waals surface area (Å²) in [6.07, 6.45) is 66.3. The van der Waals surface area contributed by atoms with Gasteiger partial charge in [0.1, 0.15) is 0 Å². The normalized spacial score (nSPS) is 12.7. The minimum absolute atomic E-state index is 0.0308. The number of allylic oxidation sites excluding steroid dienone is 3. The second-order valence-electron chi connectivity index (χ2n) is 20.0. The van der Waals surface area contributed by atoms with Gasteiger partial charge in [-0.15, -0.1) is 0 Å². The zero-order valence-corrected chi connectivity index (χ0v) is 43.7. The van der Waals surface area contributed by atoms with E-state index in [0.29, 0.717) is 19.4 Å². The van der Waals surface area contributed by atoms with Crippen LogP contribution in [0.1, 0.15) is 316 Å². The maximum absolute atomic E-state index is 12.5. The third-order valence-electron chi connectivity index (χ3n) is 13.5. The van der Waals surface area contributed by atoms with E-state index in [4.69, 9.17) is 4.74 Å². The number of nitrogens with one attached hydrogen (secondary N) is 1. The predicted octanol–water partition coefficient (Wildman–Crippen LogP) is 17.9. The monoisotopic (exact) mass is 916 g/mol. The Labute approximate surface area is 405 Å². The maximum Gasteiger partial charge on any atom is 0.305 e. The fourth-order valence-electron chi connectivity index (χ4n) is 8.98. The van der Waals surface area contributed by atoms with Gasteiger partial charge in [-0.05, 0) is 57.8 Å². The highest BCUT2D eigenvalue weighted by Gasteiger charge is 2.18. The zero-order chi connectivity index (χ0) is 47.2. The molecule has 0 aromatic heterocycles. The minimum Gasteiger partial charge on any atom is -0.466 e. The van der Waals surface area contributed by atoms with Gasteiger partial charge >= 0.3 is 5.97 Å². The number of hydrogen-bond donors (Lipinski definition) is 3. The zero-order valence-electron chi connectivity index (χ0n) is 43.7. The molecule has 2 unspecified atom stereocenters. The quantitative estimate of drug-likeness (QED) is 0.0321. The number of aliphatic hydroxyl groups is 2. The van der Waals surface area contributed by atoms with Crippen LogP contribution in [-0.4, -0.2) is 47.4 Å². The van der Waals surface area contributed by atoms with Gasteiger partial charge in [-0.1, -0.05) is 269 Å². The van der Waals surface area contributed by atoms with Gasteiger partial charge in [0.2, 0.25) is 5.91 Å². The van der Waals surface area contributed by atoms with Crippen molar-refractivity contribution in [3.8, 4) is 0 Å². The summed E-state index contributed by atoms with van der Waals surface area (Å²) in [7, 11) is 0. The number of aliphatic hydroxyl groups excluding tert-OH is 2. The largest absolute Gasteiger partial charge is 0.466 e. The van der Waals surface area contributed by atoms with Crippen molar-refractivity contribution in [2.45, 2.75) is 328 Å². The lowest BCUT2D eigenvalue weighted by Crippen LogP contribution is -2.45. The van der Waals surface area contributed by atoms with Gasteiger partial charge in [0.15, 0.2) is 0 Å². The lowest BCUT2D eigenvalue weighted by molar-refractivity contribution is -0.143. The molecule has 0 aliphatic carbocycles. The first-order chi connectivity index (χ1) is 32.0. The molecule has 0 aliphatic heterocycles. The smallest absolute Gasteiger partial charge is 0.305 e. The third kappa shape index (κ3) is 51.6. The molecule has 0 heterocycles. The highest BCUT2D eigenvalue weighted by molar-refractivity contribution is 5.76. The van der Waals surface area contributed by atoms with E-state index >= 15 is 0 Å². The summed E-state index contributed by atoms with van der Waals surface area (Å²) in [5, 5.41) is 23.2. The van der Waals surface area contributed by atoms with E-state index in [-0.39, 0.29) is 18.5 Å². The summed E-state index contributed by atoms with van der Waals surface area (Å²) >= 11 is 0. The molecular weight excluding hydrogens is 803 g/mol. The van der Waals surface area contributed by atoms with Crippen LogP contribution < -0.4 is 5.32 Å². The van der Waals surface area contributed by atoms with Crippen molar-refractivity contribution in [2.75, 3.05) is 13.2 Å². The van der Waals surface area contributed by atoms with Crippen molar-refractivity contribution in [3.05, 3.63) is 24.3 Å². The summed E-state index contributed by atoms with van der Waals surface area (Å²) in [5.41, 5.74) is 0. The Bertz CT molecular complexity index is 1010. The maximum atomic E-state index is 12.5. The second-order valence-corrected chi connectivity index (χ2v) is 20.0. The average molecular weight is 917 g/mol. The fourth-order valence-corrected chi connectivity index (χ4v) is 8.98. The summed E-state index contributed by atoms with van der Waals surface area (Å²) < 4.78 is 5.44. The van der Waals surface area contributed by atoms with Crippen LogP contribution in [0.5, 0.6) is 0 Å². The number of carbonyl (C=O) groups excluding carboxylic acids is 2. The van der Waals surface area contributed by atoms with E-state index in [0.717, 1.165) is 83.5 Å². The van der Waals surface area contributed by atoms with Gasteiger partial charge in [0.05, 0.1) is 25.4 Å². The standard InChI is InChI=1S/C59H113NO5/c1-3-5-7-9-11-13-15-17-18-19-20-21-22-23-24-25-26-27-29-31-35-39-43-47-51-57(62)56(55-61)60-58(63)52-48-44-40-36-32-30-34-38-42-46-50-54-65-59(64)53-49-45-41-37-33-28-16-14-12-10-8-6-4-2/h34,38,47,51,56-57,61-62H,3-33,35-37,39-46,48-50,52-55H2,1-2H3,(H,60,63)/b38-34-,51-47+. The fraction of sp³-hybridized carbons (Fsp3) is 0.898. The van der Waals surface area contributed by atoms with E-state index < -0.39 is 12.1 Å². The van der Waals surface area contributed by atoms with Crippen molar-refractivity contribution in [1.82, 2.24) is 5.32 Å². The molecule has 0 aliphatic rings. The Morgan fingerprint density at radius 1 is 0.415 bits per heavy atom. The van der Waals surface area contributed by atoms with Gasteiger partial charge in [0.25, 0.3) is 0 Å². The molecule has 0 radical (unpaired) electrons. The molecule has 0 spiro atoms. The van der Waals surface area contributed by atoms with Gasteiger partial charge in [-0.25, -0.2) is 0 Å². The lowest BCUT2D eigenvalue weighted by Gasteiger charge is -2.20. The molecule has 6 nitrogen and oxygen atoms in total. The second kappa shape index (κ2) is 54.9. The van der Waals surface area contributed by atoms with Crippen LogP contribution in [-0.2, 0) is 14.3 Å². The Hall–Kier alpha value is -1.66. The first kappa shape index (κ1) is 63.3. The van der Waals surface area contributed by atoms with E-state index in [9.17, 15) is 19.8 Å². The lowest BCUT2D eigenvalue weighted by atomic mass is 10.0. The molecule has 0 aromatic rings. The van der Waals surface area contributed by atoms with E-state index in [1.807, 2.05) is 6.08 Å². The average Bonchev–Trinajstić information content (AvgIpc) is 3.31. The molecule has 6 heteroatoms. The van der Waals surface area contributed by atoms with Crippen LogP contribution in [0.3, 0.4) is 0 Å². The number of unbranched alkanes of at least 4 members (excludes halogenated alkanes) is 41. The molecule has 384 valence electrons. The topological polar surface area (TPSA) is 95.9 Å². The van der Waals surface area contributed by atoms with Gasteiger partial charge in [-0.3, -0.25) is 9.59 Å². The number of ether oxygens (including phenoxy) is 1. The van der Waals surface area contributed by atoms with Crippen LogP contribution >= 0.6 is 0 Å². The van der Waals surface area contributed by atoms with Gasteiger partial charge in [-0.2, -0.15) is 0 Å². The van der Waals surface area contributed by atoms with Crippen LogP contribution in [0.25, 0.3) is 0 Å². The van der Waals surface area contributed by atoms with Crippen molar-refractivity contribution in [1.29, 1.82) is 0 Å².